The van der Waals surface area contributed by atoms with E-state index in [2.05, 4.69) is 20.6 Å². The van der Waals surface area contributed by atoms with Crippen LogP contribution in [0.5, 0.6) is 23.1 Å². The number of nitrogens with zero attached hydrogens (tertiary/aromatic N) is 4. The van der Waals surface area contributed by atoms with Crippen molar-refractivity contribution in [1.29, 1.82) is 0 Å². The number of carbonyl (C=O) groups excluding carboxylic acids is 1. The second-order valence-electron chi connectivity index (χ2n) is 10.1. The fourth-order valence-corrected chi connectivity index (χ4v) is 4.18. The lowest BCUT2D eigenvalue weighted by atomic mass is 9.92. The first-order chi connectivity index (χ1) is 19.7. The number of para-hydroxylation sites is 1. The Labute approximate surface area is 236 Å². The Hall–Kier alpha value is -5.19. The number of nitrogens with one attached hydrogen (secondary N) is 2. The summed E-state index contributed by atoms with van der Waals surface area (Å²) in [4.78, 5) is 21.5. The topological polar surface area (TPSA) is 112 Å². The molecule has 0 aliphatic rings. The van der Waals surface area contributed by atoms with Gasteiger partial charge < -0.3 is 19.5 Å². The molecule has 2 N–H and O–H groups in total. The highest BCUT2D eigenvalue weighted by atomic mass is 19.1. The zero-order valence-electron chi connectivity index (χ0n) is 23.2. The first kappa shape index (κ1) is 27.4. The van der Waals surface area contributed by atoms with Crippen LogP contribution in [0.15, 0.2) is 73.1 Å². The number of anilines is 2. The van der Waals surface area contributed by atoms with Crippen molar-refractivity contribution in [3.63, 3.8) is 0 Å². The molecule has 2 heterocycles. The van der Waals surface area contributed by atoms with Crippen molar-refractivity contribution in [3.8, 4) is 28.8 Å². The van der Waals surface area contributed by atoms with Gasteiger partial charge in [-0.2, -0.15) is 5.10 Å². The summed E-state index contributed by atoms with van der Waals surface area (Å²) in [6.45, 7) is 6.09. The van der Waals surface area contributed by atoms with Gasteiger partial charge in [0.25, 0.3) is 0 Å². The fourth-order valence-electron chi connectivity index (χ4n) is 4.18. The molecule has 0 aliphatic carbocycles. The number of carbonyl (C=O) groups is 1. The highest BCUT2D eigenvalue weighted by Crippen LogP contribution is 2.41. The lowest BCUT2D eigenvalue weighted by molar-refractivity contribution is 0.262. The van der Waals surface area contributed by atoms with Gasteiger partial charge in [0.1, 0.15) is 17.5 Å². The predicted molar refractivity (Wildman–Crippen MR) is 154 cm³/mol. The number of ether oxygens (including phenoxy) is 3. The van der Waals surface area contributed by atoms with E-state index in [-0.39, 0.29) is 22.7 Å². The molecule has 0 saturated heterocycles. The predicted octanol–water partition coefficient (Wildman–Crippen LogP) is 6.71. The molecular formula is C30H29FN6O4. The minimum atomic E-state index is -0.789. The summed E-state index contributed by atoms with van der Waals surface area (Å²) in [5.74, 6) is 0.337. The molecule has 0 saturated carbocycles. The Morgan fingerprint density at radius 1 is 0.902 bits per heavy atom. The van der Waals surface area contributed by atoms with Crippen LogP contribution in [0.1, 0.15) is 26.5 Å². The smallest absolute Gasteiger partial charge is 0.324 e. The lowest BCUT2D eigenvalue weighted by Gasteiger charge is -2.15. The number of amides is 2. The first-order valence-electron chi connectivity index (χ1n) is 12.8. The molecule has 0 spiro atoms. The van der Waals surface area contributed by atoms with Crippen molar-refractivity contribution in [1.82, 2.24) is 19.7 Å². The van der Waals surface area contributed by atoms with Gasteiger partial charge in [0.15, 0.2) is 23.1 Å². The molecule has 2 aromatic heterocycles. The van der Waals surface area contributed by atoms with Crippen LogP contribution >= 0.6 is 0 Å². The number of hydrogen-bond donors (Lipinski definition) is 2. The van der Waals surface area contributed by atoms with Crippen LogP contribution in [-0.4, -0.2) is 40.0 Å². The van der Waals surface area contributed by atoms with E-state index >= 15 is 4.39 Å². The molecule has 5 aromatic rings. The van der Waals surface area contributed by atoms with Gasteiger partial charge in [-0.15, -0.1) is 0 Å². The second kappa shape index (κ2) is 11.1. The summed E-state index contributed by atoms with van der Waals surface area (Å²) in [7, 11) is 2.98. The fraction of sp³-hybridized carbons (Fsp3) is 0.200. The molecule has 3 aromatic carbocycles. The Balaban J connectivity index is 1.42. The van der Waals surface area contributed by atoms with Crippen LogP contribution in [-0.2, 0) is 5.41 Å². The van der Waals surface area contributed by atoms with Crippen molar-refractivity contribution < 1.29 is 23.4 Å². The highest BCUT2D eigenvalue weighted by Gasteiger charge is 2.23. The summed E-state index contributed by atoms with van der Waals surface area (Å²) >= 11 is 0. The van der Waals surface area contributed by atoms with Crippen molar-refractivity contribution >= 4 is 28.4 Å². The minimum Gasteiger partial charge on any atom is -0.493 e. The van der Waals surface area contributed by atoms with E-state index in [4.69, 9.17) is 19.3 Å². The molecule has 11 heteroatoms. The van der Waals surface area contributed by atoms with Crippen LogP contribution in [0.25, 0.3) is 16.6 Å². The van der Waals surface area contributed by atoms with Crippen LogP contribution < -0.4 is 24.8 Å². The van der Waals surface area contributed by atoms with Gasteiger partial charge in [0, 0.05) is 11.5 Å². The summed E-state index contributed by atoms with van der Waals surface area (Å²) in [6, 6.07) is 18.4. The largest absolute Gasteiger partial charge is 0.493 e. The van der Waals surface area contributed by atoms with Gasteiger partial charge in [-0.3, -0.25) is 5.32 Å². The zero-order chi connectivity index (χ0) is 29.1. The molecule has 2 amide bonds. The number of aromatic nitrogens is 4. The summed E-state index contributed by atoms with van der Waals surface area (Å²) in [6.07, 6.45) is 1.30. The quantitative estimate of drug-likeness (QED) is 0.229. The number of rotatable bonds is 7. The van der Waals surface area contributed by atoms with Crippen LogP contribution in [0.3, 0.4) is 0 Å². The van der Waals surface area contributed by atoms with Gasteiger partial charge in [-0.25, -0.2) is 23.8 Å². The second-order valence-corrected chi connectivity index (χ2v) is 10.1. The molecular weight excluding hydrogens is 527 g/mol. The van der Waals surface area contributed by atoms with E-state index < -0.39 is 11.8 Å². The Morgan fingerprint density at radius 2 is 1.68 bits per heavy atom. The van der Waals surface area contributed by atoms with Gasteiger partial charge in [0.2, 0.25) is 5.88 Å². The average molecular weight is 557 g/mol. The maximum Gasteiger partial charge on any atom is 0.324 e. The molecule has 10 nitrogen and oxygen atoms in total. The minimum absolute atomic E-state index is 0.0627. The maximum atomic E-state index is 15.6. The summed E-state index contributed by atoms with van der Waals surface area (Å²) < 4.78 is 34.0. The highest BCUT2D eigenvalue weighted by molar-refractivity contribution is 5.99. The third-order valence-electron chi connectivity index (χ3n) is 6.25. The number of urea groups is 1. The van der Waals surface area contributed by atoms with Crippen molar-refractivity contribution in [2.45, 2.75) is 26.2 Å². The van der Waals surface area contributed by atoms with Gasteiger partial charge in [0.05, 0.1) is 36.8 Å². The standard InChI is InChI=1S/C30H29FN6O4/c1-30(2,3)23-16-24(37(36-23)18-10-7-6-8-11-18)35-29(38)34-20-12-9-13-21(26(20)31)41-28-25-19(32-17-33-28)14-15-22(39-4)27(25)40-5/h6-17H,1-5H3,(H2,34,35,38). The zero-order valence-corrected chi connectivity index (χ0v) is 23.2. The SMILES string of the molecule is COc1ccc2ncnc(Oc3cccc(NC(=O)Nc4cc(C(C)(C)C)nn4-c4ccccc4)c3F)c2c1OC. The number of benzene rings is 3. The van der Waals surface area contributed by atoms with Crippen LogP contribution in [0.2, 0.25) is 0 Å². The monoisotopic (exact) mass is 556 g/mol. The molecule has 0 unspecified atom stereocenters. The van der Waals surface area contributed by atoms with Crippen molar-refractivity contribution in [2.75, 3.05) is 24.9 Å². The number of fused-ring (bicyclic) bond motifs is 1. The van der Waals surface area contributed by atoms with E-state index in [9.17, 15) is 4.79 Å². The number of hydrogen-bond acceptors (Lipinski definition) is 7. The van der Waals surface area contributed by atoms with Crippen LogP contribution in [0, 0.1) is 5.82 Å². The van der Waals surface area contributed by atoms with Crippen molar-refractivity contribution in [3.05, 3.63) is 84.6 Å². The molecule has 0 radical (unpaired) electrons. The molecule has 41 heavy (non-hydrogen) atoms. The average Bonchev–Trinajstić information content (AvgIpc) is 3.39. The molecule has 0 bridgehead atoms. The maximum absolute atomic E-state index is 15.6. The van der Waals surface area contributed by atoms with E-state index in [1.807, 2.05) is 51.1 Å². The van der Waals surface area contributed by atoms with Crippen LogP contribution in [0.4, 0.5) is 20.7 Å². The van der Waals surface area contributed by atoms with Gasteiger partial charge in [-0.05, 0) is 36.4 Å². The molecule has 210 valence electrons. The van der Waals surface area contributed by atoms with Gasteiger partial charge in [-0.1, -0.05) is 45.0 Å². The summed E-state index contributed by atoms with van der Waals surface area (Å²) in [5.41, 5.74) is 1.71. The van der Waals surface area contributed by atoms with E-state index in [1.165, 1.54) is 32.7 Å². The Kier molecular flexibility index (Phi) is 7.43. The first-order valence-corrected chi connectivity index (χ1v) is 12.8. The number of halogens is 1. The van der Waals surface area contributed by atoms with Crippen molar-refractivity contribution in [2.24, 2.45) is 0 Å². The third-order valence-corrected chi connectivity index (χ3v) is 6.25. The van der Waals surface area contributed by atoms with E-state index in [1.54, 1.807) is 28.9 Å². The molecule has 0 aliphatic heterocycles. The Bertz CT molecular complexity index is 1720. The third kappa shape index (κ3) is 5.60. The number of methoxy groups -OCH3 is 2. The lowest BCUT2D eigenvalue weighted by Crippen LogP contribution is -2.22. The van der Waals surface area contributed by atoms with Gasteiger partial charge >= 0.3 is 6.03 Å². The van der Waals surface area contributed by atoms with E-state index in [0.717, 1.165) is 11.4 Å². The molecule has 0 fully saturated rings. The Morgan fingerprint density at radius 3 is 2.39 bits per heavy atom. The van der Waals surface area contributed by atoms with E-state index in [0.29, 0.717) is 28.2 Å². The molecule has 0 atom stereocenters. The summed E-state index contributed by atoms with van der Waals surface area (Å²) in [5, 5.41) is 10.5. The molecule has 5 rings (SSSR count). The normalized spacial score (nSPS) is 11.3.